The summed E-state index contributed by atoms with van der Waals surface area (Å²) in [6.45, 7) is 2.09. The van der Waals surface area contributed by atoms with Crippen molar-refractivity contribution < 1.29 is 0 Å². The second-order valence-electron chi connectivity index (χ2n) is 10.8. The van der Waals surface area contributed by atoms with Crippen LogP contribution in [0.3, 0.4) is 0 Å². The minimum Gasteiger partial charge on any atom is -0.378 e. The summed E-state index contributed by atoms with van der Waals surface area (Å²) >= 11 is 0. The van der Waals surface area contributed by atoms with Crippen molar-refractivity contribution in [1.29, 1.82) is 0 Å². The fourth-order valence-corrected chi connectivity index (χ4v) is 5.80. The minimum atomic E-state index is 0.548. The van der Waals surface area contributed by atoms with E-state index in [0.29, 0.717) is 5.92 Å². The molecule has 0 bridgehead atoms. The summed E-state index contributed by atoms with van der Waals surface area (Å²) in [6.07, 6.45) is 6.68. The van der Waals surface area contributed by atoms with E-state index >= 15 is 0 Å². The molecule has 2 fully saturated rings. The van der Waals surface area contributed by atoms with Crippen LogP contribution >= 0.6 is 0 Å². The molecule has 2 unspecified atom stereocenters. The number of hydrogen-bond donors (Lipinski definition) is 1. The third-order valence-corrected chi connectivity index (χ3v) is 7.88. The van der Waals surface area contributed by atoms with Crippen LogP contribution in [-0.2, 0) is 6.54 Å². The Morgan fingerprint density at radius 2 is 1.68 bits per heavy atom. The van der Waals surface area contributed by atoms with Crippen molar-refractivity contribution in [3.63, 3.8) is 0 Å². The third kappa shape index (κ3) is 5.05. The van der Waals surface area contributed by atoms with Crippen LogP contribution in [0.2, 0.25) is 0 Å². The summed E-state index contributed by atoms with van der Waals surface area (Å²) in [5, 5.41) is 4.87. The topological polar surface area (TPSA) is 44.3 Å². The SMILES string of the molecule is CN(C)c1cccc(CNCC2CCC(C3CC3c3nc(N(C)C)c4ccccc4n3)CC2)c1. The molecular formula is C29H39N5. The number of rotatable bonds is 8. The molecule has 5 heteroatoms. The number of anilines is 2. The van der Waals surface area contributed by atoms with Crippen LogP contribution in [0.25, 0.3) is 10.9 Å². The summed E-state index contributed by atoms with van der Waals surface area (Å²) in [5.41, 5.74) is 3.72. The largest absolute Gasteiger partial charge is 0.378 e. The minimum absolute atomic E-state index is 0.548. The molecule has 180 valence electrons. The first-order chi connectivity index (χ1) is 16.5. The van der Waals surface area contributed by atoms with E-state index in [-0.39, 0.29) is 0 Å². The van der Waals surface area contributed by atoms with Gasteiger partial charge in [-0.05, 0) is 86.2 Å². The van der Waals surface area contributed by atoms with E-state index in [2.05, 4.69) is 91.8 Å². The van der Waals surface area contributed by atoms with Gasteiger partial charge in [-0.2, -0.15) is 0 Å². The maximum Gasteiger partial charge on any atom is 0.139 e. The Balaban J connectivity index is 1.12. The van der Waals surface area contributed by atoms with Crippen molar-refractivity contribution in [2.24, 2.45) is 17.8 Å². The van der Waals surface area contributed by atoms with Gasteiger partial charge in [-0.25, -0.2) is 9.97 Å². The van der Waals surface area contributed by atoms with E-state index in [1.165, 1.54) is 43.4 Å². The molecule has 2 aliphatic rings. The lowest BCUT2D eigenvalue weighted by Crippen LogP contribution is -2.27. The number of nitrogens with one attached hydrogen (secondary N) is 1. The second-order valence-corrected chi connectivity index (χ2v) is 10.8. The van der Waals surface area contributed by atoms with Crippen molar-refractivity contribution in [3.05, 3.63) is 59.9 Å². The Labute approximate surface area is 204 Å². The van der Waals surface area contributed by atoms with E-state index in [0.717, 1.165) is 53.4 Å². The number of nitrogens with zero attached hydrogens (tertiary/aromatic N) is 4. The predicted molar refractivity (Wildman–Crippen MR) is 143 cm³/mol. The zero-order valence-corrected chi connectivity index (χ0v) is 21.2. The fraction of sp³-hybridized carbons (Fsp3) is 0.517. The smallest absolute Gasteiger partial charge is 0.139 e. The Bertz CT molecular complexity index is 1120. The molecule has 1 heterocycles. The molecule has 2 aliphatic carbocycles. The zero-order valence-electron chi connectivity index (χ0n) is 21.2. The first kappa shape index (κ1) is 23.1. The van der Waals surface area contributed by atoms with Gasteiger partial charge in [0.2, 0.25) is 0 Å². The van der Waals surface area contributed by atoms with Gasteiger partial charge >= 0.3 is 0 Å². The van der Waals surface area contributed by atoms with E-state index in [4.69, 9.17) is 9.97 Å². The molecule has 2 saturated carbocycles. The zero-order chi connectivity index (χ0) is 23.7. The molecular weight excluding hydrogens is 418 g/mol. The molecule has 34 heavy (non-hydrogen) atoms. The van der Waals surface area contributed by atoms with Crippen LogP contribution < -0.4 is 15.1 Å². The van der Waals surface area contributed by atoms with Crippen LogP contribution in [0.15, 0.2) is 48.5 Å². The van der Waals surface area contributed by atoms with Crippen molar-refractivity contribution in [1.82, 2.24) is 15.3 Å². The maximum atomic E-state index is 5.01. The highest BCUT2D eigenvalue weighted by molar-refractivity contribution is 5.89. The summed E-state index contributed by atoms with van der Waals surface area (Å²) in [4.78, 5) is 14.3. The van der Waals surface area contributed by atoms with Crippen LogP contribution in [-0.4, -0.2) is 44.7 Å². The van der Waals surface area contributed by atoms with Gasteiger partial charge in [0.15, 0.2) is 0 Å². The van der Waals surface area contributed by atoms with Gasteiger partial charge in [-0.1, -0.05) is 24.3 Å². The molecule has 0 aliphatic heterocycles. The Morgan fingerprint density at radius 1 is 0.882 bits per heavy atom. The van der Waals surface area contributed by atoms with Crippen molar-refractivity contribution in [2.75, 3.05) is 44.5 Å². The molecule has 1 N–H and O–H groups in total. The molecule has 5 nitrogen and oxygen atoms in total. The Hall–Kier alpha value is -2.66. The first-order valence-electron chi connectivity index (χ1n) is 12.9. The van der Waals surface area contributed by atoms with Gasteiger partial charge in [0.25, 0.3) is 0 Å². The summed E-state index contributed by atoms with van der Waals surface area (Å²) < 4.78 is 0. The average molecular weight is 458 g/mol. The predicted octanol–water partition coefficient (Wildman–Crippen LogP) is 5.46. The number of para-hydroxylation sites is 1. The van der Waals surface area contributed by atoms with Gasteiger partial charge < -0.3 is 15.1 Å². The maximum absolute atomic E-state index is 5.01. The third-order valence-electron chi connectivity index (χ3n) is 7.88. The van der Waals surface area contributed by atoms with Crippen LogP contribution in [0.1, 0.15) is 49.4 Å². The molecule has 2 atom stereocenters. The first-order valence-corrected chi connectivity index (χ1v) is 12.9. The highest BCUT2D eigenvalue weighted by Crippen LogP contribution is 2.55. The normalized spacial score (nSPS) is 24.2. The number of fused-ring (bicyclic) bond motifs is 1. The van der Waals surface area contributed by atoms with Crippen molar-refractivity contribution in [3.8, 4) is 0 Å². The van der Waals surface area contributed by atoms with E-state index in [9.17, 15) is 0 Å². The molecule has 5 rings (SSSR count). The van der Waals surface area contributed by atoms with Gasteiger partial charge in [0, 0.05) is 51.7 Å². The van der Waals surface area contributed by atoms with Crippen molar-refractivity contribution in [2.45, 2.75) is 44.6 Å². The van der Waals surface area contributed by atoms with Gasteiger partial charge in [0.05, 0.1) is 5.52 Å². The summed E-state index contributed by atoms with van der Waals surface area (Å²) in [6, 6.07) is 17.2. The number of hydrogen-bond acceptors (Lipinski definition) is 5. The molecule has 2 aromatic carbocycles. The average Bonchev–Trinajstić information content (AvgIpc) is 3.65. The van der Waals surface area contributed by atoms with E-state index in [1.54, 1.807) is 0 Å². The molecule has 0 amide bonds. The highest BCUT2D eigenvalue weighted by atomic mass is 15.2. The van der Waals surface area contributed by atoms with Gasteiger partial charge in [-0.3, -0.25) is 0 Å². The number of benzene rings is 2. The Kier molecular flexibility index (Phi) is 6.73. The lowest BCUT2D eigenvalue weighted by Gasteiger charge is -2.29. The van der Waals surface area contributed by atoms with E-state index in [1.807, 2.05) is 0 Å². The van der Waals surface area contributed by atoms with Crippen LogP contribution in [0.5, 0.6) is 0 Å². The van der Waals surface area contributed by atoms with Crippen molar-refractivity contribution >= 4 is 22.4 Å². The standard InChI is InChI=1S/C29H39N5/c1-33(2)23-9-7-8-21(16-23)19-30-18-20-12-14-22(15-13-20)25-17-26(25)28-31-27-11-6-5-10-24(27)29(32-28)34(3)4/h5-11,16,20,22,25-26,30H,12-15,17-19H2,1-4H3. The summed E-state index contributed by atoms with van der Waals surface area (Å²) in [7, 11) is 8.36. The fourth-order valence-electron chi connectivity index (χ4n) is 5.80. The monoisotopic (exact) mass is 457 g/mol. The molecule has 1 aromatic heterocycles. The van der Waals surface area contributed by atoms with Crippen LogP contribution in [0.4, 0.5) is 11.5 Å². The van der Waals surface area contributed by atoms with E-state index < -0.39 is 0 Å². The molecule has 0 radical (unpaired) electrons. The lowest BCUT2D eigenvalue weighted by molar-refractivity contribution is 0.243. The summed E-state index contributed by atoms with van der Waals surface area (Å²) in [5.74, 6) is 5.10. The van der Waals surface area contributed by atoms with Crippen LogP contribution in [0, 0.1) is 17.8 Å². The second kappa shape index (κ2) is 9.91. The quantitative estimate of drug-likeness (QED) is 0.486. The Morgan fingerprint density at radius 3 is 2.44 bits per heavy atom. The van der Waals surface area contributed by atoms with Gasteiger partial charge in [0.1, 0.15) is 11.6 Å². The molecule has 3 aromatic rings. The highest BCUT2D eigenvalue weighted by Gasteiger charge is 2.46. The molecule has 0 saturated heterocycles. The van der Waals surface area contributed by atoms with Gasteiger partial charge in [-0.15, -0.1) is 0 Å². The number of aromatic nitrogens is 2. The lowest BCUT2D eigenvalue weighted by atomic mass is 9.79. The molecule has 0 spiro atoms.